The summed E-state index contributed by atoms with van der Waals surface area (Å²) in [4.78, 5) is 16.1. The van der Waals surface area contributed by atoms with E-state index in [1.165, 1.54) is 23.5 Å². The van der Waals surface area contributed by atoms with E-state index in [1.807, 2.05) is 31.1 Å². The van der Waals surface area contributed by atoms with Crippen LogP contribution in [0.25, 0.3) is 10.4 Å². The van der Waals surface area contributed by atoms with Crippen LogP contribution >= 0.6 is 22.9 Å². The first-order valence-electron chi connectivity index (χ1n) is 9.40. The number of anilines is 1. The second kappa shape index (κ2) is 9.31. The summed E-state index contributed by atoms with van der Waals surface area (Å²) in [5.41, 5.74) is 2.01. The van der Waals surface area contributed by atoms with Crippen molar-refractivity contribution in [1.82, 2.24) is 4.90 Å². The molecule has 0 saturated carbocycles. The normalized spacial score (nSPS) is 11.6. The molecule has 0 unspecified atom stereocenters. The lowest BCUT2D eigenvalue weighted by molar-refractivity contribution is 0.0992. The third-order valence-electron chi connectivity index (χ3n) is 4.45. The van der Waals surface area contributed by atoms with E-state index in [4.69, 9.17) is 11.6 Å². The van der Waals surface area contributed by atoms with Crippen molar-refractivity contribution < 1.29 is 13.2 Å². The summed E-state index contributed by atoms with van der Waals surface area (Å²) >= 11 is 7.35. The van der Waals surface area contributed by atoms with Crippen LogP contribution in [-0.2, 0) is 16.6 Å². The lowest BCUT2D eigenvalue weighted by Crippen LogP contribution is -2.18. The van der Waals surface area contributed by atoms with Gasteiger partial charge in [0.25, 0.3) is 10.0 Å². The number of nitrogens with zero attached hydrogens (tertiary/aromatic N) is 1. The maximum Gasteiger partial charge on any atom is 0.261 e. The van der Waals surface area contributed by atoms with Crippen molar-refractivity contribution in [3.8, 4) is 10.4 Å². The quantitative estimate of drug-likeness (QED) is 0.447. The van der Waals surface area contributed by atoms with Crippen molar-refractivity contribution in [2.45, 2.75) is 24.8 Å². The number of Topliss-reactive ketones (excluding diaryl/α,β-unsaturated/α-hetero) is 1. The summed E-state index contributed by atoms with van der Waals surface area (Å²) in [7, 11) is -0.0409. The molecule has 0 aliphatic carbocycles. The van der Waals surface area contributed by atoms with Gasteiger partial charge in [0.05, 0.1) is 15.5 Å². The summed E-state index contributed by atoms with van der Waals surface area (Å²) in [6.07, 6.45) is 0.280. The molecule has 0 amide bonds. The van der Waals surface area contributed by atoms with Crippen molar-refractivity contribution in [2.24, 2.45) is 0 Å². The number of carbonyl (C=O) groups is 1. The smallest absolute Gasteiger partial charge is 0.261 e. The van der Waals surface area contributed by atoms with Crippen molar-refractivity contribution in [1.29, 1.82) is 0 Å². The number of benzene rings is 2. The molecule has 0 spiro atoms. The first-order chi connectivity index (χ1) is 14.2. The minimum absolute atomic E-state index is 0.106. The standard InChI is InChI=1S/C22H23ClN2O3S2/c1-4-19(26)22-20(24-30(27,28)17-8-6-5-7-9-17)18(14-25(2)3)21(29-22)15-10-12-16(23)13-11-15/h5-13,24H,4,14H2,1-3H3. The van der Waals surface area contributed by atoms with Gasteiger partial charge in [-0.1, -0.05) is 48.9 Å². The predicted octanol–water partition coefficient (Wildman–Crippen LogP) is 5.52. The second-order valence-electron chi connectivity index (χ2n) is 7.05. The Morgan fingerprint density at radius 3 is 2.27 bits per heavy atom. The average Bonchev–Trinajstić information content (AvgIpc) is 3.05. The molecule has 1 N–H and O–H groups in total. The van der Waals surface area contributed by atoms with Gasteiger partial charge in [0.1, 0.15) is 0 Å². The molecule has 3 rings (SSSR count). The molecule has 30 heavy (non-hydrogen) atoms. The van der Waals surface area contributed by atoms with Gasteiger partial charge in [-0.05, 0) is 43.9 Å². The van der Waals surface area contributed by atoms with Crippen LogP contribution in [-0.4, -0.2) is 33.2 Å². The van der Waals surface area contributed by atoms with Gasteiger partial charge < -0.3 is 4.90 Å². The third-order valence-corrected chi connectivity index (χ3v) is 7.39. The molecule has 2 aromatic carbocycles. The molecule has 0 saturated heterocycles. The van der Waals surface area contributed by atoms with E-state index < -0.39 is 10.0 Å². The number of sulfonamides is 1. The number of ketones is 1. The van der Waals surface area contributed by atoms with Gasteiger partial charge in [-0.15, -0.1) is 11.3 Å². The van der Waals surface area contributed by atoms with Gasteiger partial charge in [-0.25, -0.2) is 8.42 Å². The zero-order valence-electron chi connectivity index (χ0n) is 17.0. The lowest BCUT2D eigenvalue weighted by atomic mass is 10.1. The molecule has 0 bridgehead atoms. The van der Waals surface area contributed by atoms with Crippen LogP contribution in [0.15, 0.2) is 59.5 Å². The summed E-state index contributed by atoms with van der Waals surface area (Å²) in [5, 5.41) is 0.610. The molecule has 1 heterocycles. The zero-order valence-corrected chi connectivity index (χ0v) is 19.4. The Labute approximate surface area is 186 Å². The van der Waals surface area contributed by atoms with Crippen LogP contribution in [0.3, 0.4) is 0 Å². The molecule has 3 aromatic rings. The van der Waals surface area contributed by atoms with Crippen molar-refractivity contribution in [3.05, 3.63) is 70.1 Å². The van der Waals surface area contributed by atoms with E-state index in [2.05, 4.69) is 4.72 Å². The number of nitrogens with one attached hydrogen (secondary N) is 1. The van der Waals surface area contributed by atoms with Crippen molar-refractivity contribution in [2.75, 3.05) is 18.8 Å². The van der Waals surface area contributed by atoms with Gasteiger partial charge >= 0.3 is 0 Å². The number of halogens is 1. The predicted molar refractivity (Wildman–Crippen MR) is 124 cm³/mol. The summed E-state index contributed by atoms with van der Waals surface area (Å²) < 4.78 is 28.8. The molecular weight excluding hydrogens is 440 g/mol. The van der Waals surface area contributed by atoms with E-state index in [1.54, 1.807) is 37.3 Å². The van der Waals surface area contributed by atoms with E-state index in [0.29, 0.717) is 22.1 Å². The van der Waals surface area contributed by atoms with Crippen LogP contribution in [0, 0.1) is 0 Å². The van der Waals surface area contributed by atoms with E-state index in [-0.39, 0.29) is 17.1 Å². The van der Waals surface area contributed by atoms with Crippen LogP contribution in [0.1, 0.15) is 28.6 Å². The average molecular weight is 463 g/mol. The molecule has 0 aliphatic heterocycles. The first-order valence-corrected chi connectivity index (χ1v) is 12.1. The molecule has 5 nitrogen and oxygen atoms in total. The summed E-state index contributed by atoms with van der Waals surface area (Å²) in [6.45, 7) is 2.24. The Morgan fingerprint density at radius 2 is 1.70 bits per heavy atom. The van der Waals surface area contributed by atoms with Crippen LogP contribution in [0.5, 0.6) is 0 Å². The first kappa shape index (κ1) is 22.5. The molecule has 0 fully saturated rings. The maximum absolute atomic E-state index is 13.0. The van der Waals surface area contributed by atoms with E-state index in [0.717, 1.165) is 16.0 Å². The Balaban J connectivity index is 2.20. The van der Waals surface area contributed by atoms with Gasteiger partial charge in [0, 0.05) is 28.4 Å². The lowest BCUT2D eigenvalue weighted by Gasteiger charge is -2.15. The molecule has 0 atom stereocenters. The highest BCUT2D eigenvalue weighted by molar-refractivity contribution is 7.92. The zero-order chi connectivity index (χ0) is 21.9. The Hall–Kier alpha value is -2.19. The monoisotopic (exact) mass is 462 g/mol. The number of thiophene rings is 1. The van der Waals surface area contributed by atoms with Gasteiger partial charge in [-0.2, -0.15) is 0 Å². The highest BCUT2D eigenvalue weighted by Gasteiger charge is 2.27. The van der Waals surface area contributed by atoms with Crippen LogP contribution < -0.4 is 4.72 Å². The fraction of sp³-hybridized carbons (Fsp3) is 0.227. The molecule has 1 aromatic heterocycles. The van der Waals surface area contributed by atoms with Gasteiger partial charge in [-0.3, -0.25) is 9.52 Å². The van der Waals surface area contributed by atoms with Crippen LogP contribution in [0.2, 0.25) is 5.02 Å². The molecule has 8 heteroatoms. The second-order valence-corrected chi connectivity index (χ2v) is 10.2. The highest BCUT2D eigenvalue weighted by Crippen LogP contribution is 2.42. The molecule has 158 valence electrons. The van der Waals surface area contributed by atoms with Gasteiger partial charge in [0.15, 0.2) is 5.78 Å². The Morgan fingerprint density at radius 1 is 1.07 bits per heavy atom. The number of carbonyl (C=O) groups excluding carboxylic acids is 1. The highest BCUT2D eigenvalue weighted by atomic mass is 35.5. The maximum atomic E-state index is 13.0. The topological polar surface area (TPSA) is 66.5 Å². The minimum atomic E-state index is -3.85. The number of rotatable bonds is 8. The minimum Gasteiger partial charge on any atom is -0.305 e. The SMILES string of the molecule is CCC(=O)c1sc(-c2ccc(Cl)cc2)c(CN(C)C)c1NS(=O)(=O)c1ccccc1. The molecule has 0 aliphatic rings. The van der Waals surface area contributed by atoms with Gasteiger partial charge in [0.2, 0.25) is 0 Å². The Kier molecular flexibility index (Phi) is 6.98. The number of hydrogen-bond donors (Lipinski definition) is 1. The van der Waals surface area contributed by atoms with E-state index >= 15 is 0 Å². The van der Waals surface area contributed by atoms with Crippen molar-refractivity contribution in [3.63, 3.8) is 0 Å². The summed E-state index contributed by atoms with van der Waals surface area (Å²) in [5.74, 6) is -0.106. The summed E-state index contributed by atoms with van der Waals surface area (Å²) in [6, 6.07) is 15.5. The van der Waals surface area contributed by atoms with Crippen molar-refractivity contribution >= 4 is 44.4 Å². The fourth-order valence-electron chi connectivity index (χ4n) is 3.02. The molecular formula is C22H23ClN2O3S2. The fourth-order valence-corrected chi connectivity index (χ4v) is 5.62. The number of hydrogen-bond acceptors (Lipinski definition) is 5. The Bertz CT molecular complexity index is 1140. The van der Waals surface area contributed by atoms with E-state index in [9.17, 15) is 13.2 Å². The molecule has 0 radical (unpaired) electrons. The third kappa shape index (κ3) is 4.92. The largest absolute Gasteiger partial charge is 0.305 e. The van der Waals surface area contributed by atoms with Crippen LogP contribution in [0.4, 0.5) is 5.69 Å².